The van der Waals surface area contributed by atoms with E-state index in [0.29, 0.717) is 12.1 Å². The lowest BCUT2D eigenvalue weighted by Gasteiger charge is -2.27. The molecule has 140 valence electrons. The molecule has 0 bridgehead atoms. The van der Waals surface area contributed by atoms with E-state index in [1.165, 1.54) is 0 Å². The van der Waals surface area contributed by atoms with E-state index in [0.717, 1.165) is 22.4 Å². The summed E-state index contributed by atoms with van der Waals surface area (Å²) in [4.78, 5) is 18.8. The van der Waals surface area contributed by atoms with Crippen molar-refractivity contribution in [1.82, 2.24) is 9.88 Å². The Hall–Kier alpha value is -3.60. The SMILES string of the molecule is COc1ccc(C2=C(O)C(=O)N(Cc3cccnc3)[C@@H]2c2ccccc2)cc1. The largest absolute Gasteiger partial charge is 0.503 e. The van der Waals surface area contributed by atoms with Crippen LogP contribution in [0.1, 0.15) is 22.7 Å². The van der Waals surface area contributed by atoms with Gasteiger partial charge < -0.3 is 14.7 Å². The lowest BCUT2D eigenvalue weighted by atomic mass is 9.93. The summed E-state index contributed by atoms with van der Waals surface area (Å²) in [5.74, 6) is 0.114. The number of methoxy groups -OCH3 is 1. The quantitative estimate of drug-likeness (QED) is 0.731. The Labute approximate surface area is 163 Å². The average Bonchev–Trinajstić information content (AvgIpc) is 3.00. The van der Waals surface area contributed by atoms with E-state index < -0.39 is 0 Å². The zero-order valence-corrected chi connectivity index (χ0v) is 15.4. The van der Waals surface area contributed by atoms with Crippen molar-refractivity contribution in [3.8, 4) is 5.75 Å². The summed E-state index contributed by atoms with van der Waals surface area (Å²) < 4.78 is 5.23. The fraction of sp³-hybridized carbons (Fsp3) is 0.130. The molecular formula is C23H20N2O3. The van der Waals surface area contributed by atoms with Gasteiger partial charge in [-0.05, 0) is 34.9 Å². The minimum Gasteiger partial charge on any atom is -0.503 e. The number of rotatable bonds is 5. The van der Waals surface area contributed by atoms with Crippen molar-refractivity contribution in [3.63, 3.8) is 0 Å². The van der Waals surface area contributed by atoms with Crippen LogP contribution in [0.4, 0.5) is 0 Å². The second-order valence-electron chi connectivity index (χ2n) is 6.60. The molecule has 0 unspecified atom stereocenters. The lowest BCUT2D eigenvalue weighted by molar-refractivity contribution is -0.130. The van der Waals surface area contributed by atoms with Crippen LogP contribution in [0, 0.1) is 0 Å². The molecule has 1 atom stereocenters. The summed E-state index contributed by atoms with van der Waals surface area (Å²) >= 11 is 0. The predicted octanol–water partition coefficient (Wildman–Crippen LogP) is 4.14. The molecule has 1 aromatic heterocycles. The van der Waals surface area contributed by atoms with Gasteiger partial charge in [0.05, 0.1) is 13.2 Å². The van der Waals surface area contributed by atoms with Gasteiger partial charge in [0.2, 0.25) is 0 Å². The number of aliphatic hydroxyl groups excluding tert-OH is 1. The van der Waals surface area contributed by atoms with Crippen molar-refractivity contribution in [2.45, 2.75) is 12.6 Å². The third kappa shape index (κ3) is 3.22. The zero-order chi connectivity index (χ0) is 19.5. The van der Waals surface area contributed by atoms with Gasteiger partial charge in [0, 0.05) is 24.5 Å². The number of aliphatic hydroxyl groups is 1. The number of pyridine rings is 1. The van der Waals surface area contributed by atoms with Crippen molar-refractivity contribution in [2.75, 3.05) is 7.11 Å². The van der Waals surface area contributed by atoms with Crippen LogP contribution >= 0.6 is 0 Å². The van der Waals surface area contributed by atoms with Crippen LogP contribution in [0.15, 0.2) is 84.9 Å². The number of ether oxygens (including phenoxy) is 1. The second-order valence-corrected chi connectivity index (χ2v) is 6.60. The summed E-state index contributed by atoms with van der Waals surface area (Å²) in [6.45, 7) is 0.357. The van der Waals surface area contributed by atoms with Crippen molar-refractivity contribution < 1.29 is 14.6 Å². The van der Waals surface area contributed by atoms with Crippen molar-refractivity contribution in [1.29, 1.82) is 0 Å². The van der Waals surface area contributed by atoms with Crippen molar-refractivity contribution in [3.05, 3.63) is 102 Å². The fourth-order valence-electron chi connectivity index (χ4n) is 3.55. The number of benzene rings is 2. The zero-order valence-electron chi connectivity index (χ0n) is 15.4. The van der Waals surface area contributed by atoms with Crippen LogP contribution in [0.2, 0.25) is 0 Å². The van der Waals surface area contributed by atoms with E-state index in [4.69, 9.17) is 4.74 Å². The fourth-order valence-corrected chi connectivity index (χ4v) is 3.55. The first-order valence-electron chi connectivity index (χ1n) is 9.01. The van der Waals surface area contributed by atoms with Crippen LogP contribution < -0.4 is 4.74 Å². The molecule has 1 amide bonds. The second kappa shape index (κ2) is 7.56. The van der Waals surface area contributed by atoms with Crippen molar-refractivity contribution in [2.24, 2.45) is 0 Å². The number of carbonyl (C=O) groups excluding carboxylic acids is 1. The number of hydrogen-bond donors (Lipinski definition) is 1. The van der Waals surface area contributed by atoms with Crippen LogP contribution in [-0.2, 0) is 11.3 Å². The standard InChI is InChI=1S/C23H20N2O3/c1-28-19-11-9-17(10-12-19)20-21(18-7-3-2-4-8-18)25(23(27)22(20)26)15-16-6-5-13-24-14-16/h2-14,21,26H,15H2,1H3/t21-/m1/s1. The minimum absolute atomic E-state index is 0.220. The first-order chi connectivity index (χ1) is 13.7. The van der Waals surface area contributed by atoms with E-state index in [1.54, 1.807) is 24.4 Å². The van der Waals surface area contributed by atoms with Gasteiger partial charge in [-0.2, -0.15) is 0 Å². The van der Waals surface area contributed by atoms with Crippen molar-refractivity contribution >= 4 is 11.5 Å². The number of nitrogens with zero attached hydrogens (tertiary/aromatic N) is 2. The van der Waals surface area contributed by atoms with Gasteiger partial charge in [0.15, 0.2) is 5.76 Å². The maximum atomic E-state index is 13.0. The molecule has 0 radical (unpaired) electrons. The molecule has 5 heteroatoms. The Balaban J connectivity index is 1.79. The molecule has 1 aliphatic rings. The lowest BCUT2D eigenvalue weighted by Crippen LogP contribution is -2.29. The Morgan fingerprint density at radius 2 is 1.79 bits per heavy atom. The molecule has 2 aromatic carbocycles. The number of carbonyl (C=O) groups is 1. The topological polar surface area (TPSA) is 62.7 Å². The molecule has 1 aliphatic heterocycles. The Kier molecular flexibility index (Phi) is 4.81. The summed E-state index contributed by atoms with van der Waals surface area (Å²) in [5, 5.41) is 10.8. The number of aromatic nitrogens is 1. The van der Waals surface area contributed by atoms with Crippen LogP contribution in [0.5, 0.6) is 5.75 Å². The molecule has 2 heterocycles. The van der Waals surface area contributed by atoms with Gasteiger partial charge in [-0.3, -0.25) is 9.78 Å². The van der Waals surface area contributed by atoms with Gasteiger partial charge in [-0.1, -0.05) is 48.5 Å². The monoisotopic (exact) mass is 372 g/mol. The molecule has 3 aromatic rings. The molecule has 28 heavy (non-hydrogen) atoms. The Bertz CT molecular complexity index is 999. The van der Waals surface area contributed by atoms with E-state index in [1.807, 2.05) is 66.7 Å². The Morgan fingerprint density at radius 1 is 1.04 bits per heavy atom. The van der Waals surface area contributed by atoms with Gasteiger partial charge in [-0.25, -0.2) is 0 Å². The molecule has 1 N–H and O–H groups in total. The molecular weight excluding hydrogens is 352 g/mol. The Morgan fingerprint density at radius 3 is 2.43 bits per heavy atom. The highest BCUT2D eigenvalue weighted by Crippen LogP contribution is 2.43. The minimum atomic E-state index is -0.387. The highest BCUT2D eigenvalue weighted by molar-refractivity contribution is 6.05. The summed E-state index contributed by atoms with van der Waals surface area (Å²) in [6.07, 6.45) is 3.43. The molecule has 0 fully saturated rings. The molecule has 5 nitrogen and oxygen atoms in total. The van der Waals surface area contributed by atoms with Gasteiger partial charge >= 0.3 is 0 Å². The van der Waals surface area contributed by atoms with Gasteiger partial charge in [0.1, 0.15) is 5.75 Å². The normalized spacial score (nSPS) is 16.5. The van der Waals surface area contributed by atoms with Crippen LogP contribution in [0.3, 0.4) is 0 Å². The van der Waals surface area contributed by atoms with Crippen LogP contribution in [0.25, 0.3) is 5.57 Å². The van der Waals surface area contributed by atoms with E-state index >= 15 is 0 Å². The maximum Gasteiger partial charge on any atom is 0.290 e. The predicted molar refractivity (Wildman–Crippen MR) is 107 cm³/mol. The van der Waals surface area contributed by atoms with Crippen LogP contribution in [-0.4, -0.2) is 28.0 Å². The van der Waals surface area contributed by atoms with E-state index in [2.05, 4.69) is 4.98 Å². The molecule has 0 aliphatic carbocycles. The highest BCUT2D eigenvalue weighted by Gasteiger charge is 2.40. The third-order valence-corrected chi connectivity index (χ3v) is 4.90. The van der Waals surface area contributed by atoms with Gasteiger partial charge in [-0.15, -0.1) is 0 Å². The molecule has 0 saturated carbocycles. The first kappa shape index (κ1) is 17.8. The van der Waals surface area contributed by atoms with Gasteiger partial charge in [0.25, 0.3) is 5.91 Å². The highest BCUT2D eigenvalue weighted by atomic mass is 16.5. The number of hydrogen-bond acceptors (Lipinski definition) is 4. The average molecular weight is 372 g/mol. The summed E-state index contributed by atoms with van der Waals surface area (Å²) in [6, 6.07) is 20.5. The third-order valence-electron chi connectivity index (χ3n) is 4.90. The van der Waals surface area contributed by atoms with E-state index in [9.17, 15) is 9.90 Å². The molecule has 4 rings (SSSR count). The van der Waals surface area contributed by atoms with E-state index in [-0.39, 0.29) is 17.7 Å². The smallest absolute Gasteiger partial charge is 0.290 e. The summed E-state index contributed by atoms with van der Waals surface area (Å²) in [7, 11) is 1.60. The number of amides is 1. The maximum absolute atomic E-state index is 13.0. The summed E-state index contributed by atoms with van der Waals surface area (Å²) in [5.41, 5.74) is 3.23. The molecule has 0 spiro atoms. The molecule has 0 saturated heterocycles. The first-order valence-corrected chi connectivity index (χ1v) is 9.01.